The summed E-state index contributed by atoms with van der Waals surface area (Å²) < 4.78 is 0. The Bertz CT molecular complexity index is 352. The Morgan fingerprint density at radius 3 is 2.33 bits per heavy atom. The summed E-state index contributed by atoms with van der Waals surface area (Å²) >= 11 is 0. The van der Waals surface area contributed by atoms with E-state index in [2.05, 4.69) is 11.9 Å². The lowest BCUT2D eigenvalue weighted by Crippen LogP contribution is -2.30. The van der Waals surface area contributed by atoms with Gasteiger partial charge in [-0.2, -0.15) is 0 Å². The molecule has 15 heavy (non-hydrogen) atoms. The van der Waals surface area contributed by atoms with Gasteiger partial charge in [-0.1, -0.05) is 24.8 Å². The van der Waals surface area contributed by atoms with E-state index in [1.54, 1.807) is 6.92 Å². The number of amides is 1. The van der Waals surface area contributed by atoms with E-state index in [-0.39, 0.29) is 11.3 Å². The second-order valence-corrected chi connectivity index (χ2v) is 2.44. The van der Waals surface area contributed by atoms with Crippen LogP contribution in [-0.2, 0) is 14.4 Å². The second kappa shape index (κ2) is 6.31. The molecule has 0 fully saturated rings. The Hall–Kier alpha value is -2.17. The molecule has 0 spiro atoms. The lowest BCUT2D eigenvalue weighted by atomic mass is 10.2. The lowest BCUT2D eigenvalue weighted by Gasteiger charge is -2.05. The van der Waals surface area contributed by atoms with Crippen LogP contribution in [0.2, 0.25) is 0 Å². The van der Waals surface area contributed by atoms with Crippen molar-refractivity contribution >= 4 is 18.2 Å². The van der Waals surface area contributed by atoms with Gasteiger partial charge in [-0.15, -0.1) is 0 Å². The normalized spacial score (nSPS) is 11.8. The Kier molecular flexibility index (Phi) is 5.40. The highest BCUT2D eigenvalue weighted by Gasteiger charge is 2.13. The quantitative estimate of drug-likeness (QED) is 0.304. The van der Waals surface area contributed by atoms with E-state index in [9.17, 15) is 14.4 Å². The molecule has 0 aromatic rings. The molecule has 5 nitrogen and oxygen atoms in total. The molecule has 0 unspecified atom stereocenters. The molecule has 5 heteroatoms. The summed E-state index contributed by atoms with van der Waals surface area (Å²) in [5.41, 5.74) is 0.291. The largest absolute Gasteiger partial charge is 0.474 e. The summed E-state index contributed by atoms with van der Waals surface area (Å²) in [6.45, 7) is 4.96. The summed E-state index contributed by atoms with van der Waals surface area (Å²) in [7, 11) is 0. The molecule has 0 bridgehead atoms. The molecule has 0 atom stereocenters. The van der Waals surface area contributed by atoms with Crippen molar-refractivity contribution in [1.29, 1.82) is 0 Å². The van der Waals surface area contributed by atoms with Crippen LogP contribution in [0.5, 0.6) is 0 Å². The molecule has 0 aliphatic carbocycles. The van der Waals surface area contributed by atoms with Gasteiger partial charge in [0, 0.05) is 11.3 Å². The number of allylic oxidation sites excluding steroid dienone is 4. The van der Waals surface area contributed by atoms with Crippen molar-refractivity contribution in [3.63, 3.8) is 0 Å². The predicted molar refractivity (Wildman–Crippen MR) is 53.9 cm³/mol. The third-order valence-electron chi connectivity index (χ3n) is 1.47. The molecule has 0 saturated heterocycles. The van der Waals surface area contributed by atoms with Crippen molar-refractivity contribution in [1.82, 2.24) is 5.32 Å². The Morgan fingerprint density at radius 1 is 1.40 bits per heavy atom. The minimum atomic E-state index is -1.61. The molecule has 0 aliphatic rings. The smallest absolute Gasteiger partial charge is 0.394 e. The minimum Gasteiger partial charge on any atom is -0.474 e. The number of nitrogens with one attached hydrogen (secondary N) is 1. The summed E-state index contributed by atoms with van der Waals surface area (Å²) in [5, 5.41) is 10.4. The van der Waals surface area contributed by atoms with E-state index in [0.29, 0.717) is 6.29 Å². The first-order valence-corrected chi connectivity index (χ1v) is 4.05. The van der Waals surface area contributed by atoms with E-state index < -0.39 is 11.9 Å². The molecule has 0 aromatic heterocycles. The maximum Gasteiger partial charge on any atom is 0.394 e. The number of carbonyl (C=O) groups excluding carboxylic acids is 2. The van der Waals surface area contributed by atoms with Crippen LogP contribution < -0.4 is 5.32 Å². The molecule has 0 aliphatic heterocycles. The molecule has 2 N–H and O–H groups in total. The first kappa shape index (κ1) is 12.8. The first-order chi connectivity index (χ1) is 7.06. The van der Waals surface area contributed by atoms with Gasteiger partial charge >= 0.3 is 11.9 Å². The number of aldehydes is 1. The maximum absolute atomic E-state index is 10.8. The zero-order valence-corrected chi connectivity index (χ0v) is 8.19. The summed E-state index contributed by atoms with van der Waals surface area (Å²) in [5.74, 6) is -2.81. The highest BCUT2D eigenvalue weighted by atomic mass is 16.4. The maximum atomic E-state index is 10.8. The van der Waals surface area contributed by atoms with Crippen LogP contribution in [0.15, 0.2) is 36.1 Å². The van der Waals surface area contributed by atoms with Gasteiger partial charge < -0.3 is 10.4 Å². The van der Waals surface area contributed by atoms with E-state index in [4.69, 9.17) is 5.11 Å². The Labute approximate surface area is 86.8 Å². The van der Waals surface area contributed by atoms with Gasteiger partial charge in [0.25, 0.3) is 0 Å². The number of rotatable bonds is 4. The van der Waals surface area contributed by atoms with Gasteiger partial charge in [0.05, 0.1) is 0 Å². The molecule has 0 aromatic carbocycles. The number of carboxylic acid groups (broad SMARTS) is 1. The topological polar surface area (TPSA) is 83.5 Å². The third kappa shape index (κ3) is 4.04. The fourth-order valence-corrected chi connectivity index (χ4v) is 0.806. The molecular weight excluding hydrogens is 198 g/mol. The van der Waals surface area contributed by atoms with Crippen molar-refractivity contribution in [2.75, 3.05) is 0 Å². The van der Waals surface area contributed by atoms with Crippen LogP contribution in [-0.4, -0.2) is 23.3 Å². The number of aliphatic carboxylic acids is 1. The van der Waals surface area contributed by atoms with Crippen LogP contribution >= 0.6 is 0 Å². The molecule has 80 valence electrons. The van der Waals surface area contributed by atoms with Gasteiger partial charge in [-0.3, -0.25) is 9.59 Å². The van der Waals surface area contributed by atoms with Crippen molar-refractivity contribution in [3.05, 3.63) is 36.1 Å². The highest BCUT2D eigenvalue weighted by molar-refractivity contribution is 6.32. The van der Waals surface area contributed by atoms with Gasteiger partial charge in [0.15, 0.2) is 6.29 Å². The van der Waals surface area contributed by atoms with Crippen molar-refractivity contribution < 1.29 is 19.5 Å². The summed E-state index contributed by atoms with van der Waals surface area (Å²) in [4.78, 5) is 31.7. The minimum absolute atomic E-state index is 0.136. The molecule has 0 saturated carbocycles. The average molecular weight is 209 g/mol. The first-order valence-electron chi connectivity index (χ1n) is 4.05. The number of hydrogen-bond acceptors (Lipinski definition) is 3. The molecule has 0 heterocycles. The van der Waals surface area contributed by atoms with E-state index in [1.807, 2.05) is 0 Å². The zero-order chi connectivity index (χ0) is 11.8. The van der Waals surface area contributed by atoms with E-state index >= 15 is 0 Å². The molecule has 1 amide bonds. The van der Waals surface area contributed by atoms with Gasteiger partial charge in [0.2, 0.25) is 0 Å². The van der Waals surface area contributed by atoms with Crippen LogP contribution in [0.1, 0.15) is 6.92 Å². The molecule has 0 radical (unpaired) electrons. The van der Waals surface area contributed by atoms with E-state index in [0.717, 1.165) is 0 Å². The van der Waals surface area contributed by atoms with Gasteiger partial charge in [0.1, 0.15) is 0 Å². The van der Waals surface area contributed by atoms with E-state index in [1.165, 1.54) is 18.2 Å². The van der Waals surface area contributed by atoms with Crippen molar-refractivity contribution in [2.45, 2.75) is 6.92 Å². The monoisotopic (exact) mass is 209 g/mol. The lowest BCUT2D eigenvalue weighted by molar-refractivity contribution is -0.149. The number of carboxylic acids is 1. The Morgan fingerprint density at radius 2 is 2.00 bits per heavy atom. The predicted octanol–water partition coefficient (Wildman–Crippen LogP) is 0.402. The summed E-state index contributed by atoms with van der Waals surface area (Å²) in [6, 6.07) is 0. The number of hydrogen-bond donors (Lipinski definition) is 2. The molecular formula is C10H11NO4. The van der Waals surface area contributed by atoms with Crippen molar-refractivity contribution in [3.8, 4) is 0 Å². The Balaban J connectivity index is 4.86. The zero-order valence-electron chi connectivity index (χ0n) is 8.19. The SMILES string of the molecule is C=C/C=C(C=O)\C(=C/C)NC(=O)C(=O)O. The fourth-order valence-electron chi connectivity index (χ4n) is 0.806. The van der Waals surface area contributed by atoms with Gasteiger partial charge in [-0.05, 0) is 6.92 Å². The highest BCUT2D eigenvalue weighted by Crippen LogP contribution is 2.03. The van der Waals surface area contributed by atoms with Gasteiger partial charge in [-0.25, -0.2) is 4.79 Å². The summed E-state index contributed by atoms with van der Waals surface area (Å²) in [6.07, 6.45) is 4.65. The fraction of sp³-hybridized carbons (Fsp3) is 0.100. The standard InChI is InChI=1S/C10H11NO4/c1-3-5-7(6-12)8(4-2)11-9(13)10(14)15/h3-6H,1H2,2H3,(H,11,13)(H,14,15)/b7-5-,8-4+. The van der Waals surface area contributed by atoms with Crippen molar-refractivity contribution in [2.24, 2.45) is 0 Å². The van der Waals surface area contributed by atoms with Crippen LogP contribution in [0, 0.1) is 0 Å². The van der Waals surface area contributed by atoms with Crippen LogP contribution in [0.25, 0.3) is 0 Å². The van der Waals surface area contributed by atoms with Crippen LogP contribution in [0.4, 0.5) is 0 Å². The number of carbonyl (C=O) groups is 3. The average Bonchev–Trinajstić information content (AvgIpc) is 2.22. The third-order valence-corrected chi connectivity index (χ3v) is 1.47. The van der Waals surface area contributed by atoms with Crippen LogP contribution in [0.3, 0.4) is 0 Å². The molecule has 0 rings (SSSR count). The second-order valence-electron chi connectivity index (χ2n) is 2.44.